The van der Waals surface area contributed by atoms with Gasteiger partial charge in [0.15, 0.2) is 5.65 Å². The Hall–Kier alpha value is -3.89. The Morgan fingerprint density at radius 2 is 1.92 bits per heavy atom. The summed E-state index contributed by atoms with van der Waals surface area (Å²) in [4.78, 5) is 32.4. The lowest BCUT2D eigenvalue weighted by Gasteiger charge is -2.42. The minimum atomic E-state index is -1.19. The normalized spacial score (nSPS) is 16.3. The van der Waals surface area contributed by atoms with E-state index in [1.165, 1.54) is 33.9 Å². The Kier molecular flexibility index (Phi) is 6.15. The first-order valence-electron chi connectivity index (χ1n) is 11.8. The molecule has 0 radical (unpaired) electrons. The molecule has 0 bridgehead atoms. The van der Waals surface area contributed by atoms with E-state index in [2.05, 4.69) is 10.1 Å². The smallest absolute Gasteiger partial charge is 0.264 e. The molecule has 1 aliphatic heterocycles. The van der Waals surface area contributed by atoms with Crippen LogP contribution >= 0.6 is 0 Å². The first kappa shape index (κ1) is 23.8. The number of benzene rings is 2. The summed E-state index contributed by atoms with van der Waals surface area (Å²) in [5.41, 5.74) is 6.56. The van der Waals surface area contributed by atoms with E-state index in [4.69, 9.17) is 5.73 Å². The second-order valence-electron chi connectivity index (χ2n) is 9.20. The predicted molar refractivity (Wildman–Crippen MR) is 132 cm³/mol. The van der Waals surface area contributed by atoms with Crippen LogP contribution in [0.15, 0.2) is 65.8 Å². The molecule has 1 unspecified atom stereocenters. The van der Waals surface area contributed by atoms with Crippen molar-refractivity contribution >= 4 is 16.9 Å². The van der Waals surface area contributed by atoms with Gasteiger partial charge < -0.3 is 15.7 Å². The molecule has 0 saturated carbocycles. The van der Waals surface area contributed by atoms with Crippen LogP contribution in [0.25, 0.3) is 16.7 Å². The predicted octanol–water partition coefficient (Wildman–Crippen LogP) is 2.41. The van der Waals surface area contributed by atoms with Crippen LogP contribution in [-0.2, 0) is 6.54 Å². The van der Waals surface area contributed by atoms with Crippen LogP contribution in [0.3, 0.4) is 0 Å². The SMILES string of the molecule is CC(n1cnc2c(cnn2-c2ccc(F)cc2)c1=O)C1(O)CCN(C(=O)c2cccc(CN)c2)CC1. The lowest BCUT2D eigenvalue weighted by Crippen LogP contribution is -2.51. The number of carbonyl (C=O) groups is 1. The van der Waals surface area contributed by atoms with Crippen LogP contribution in [0.2, 0.25) is 0 Å². The van der Waals surface area contributed by atoms with Gasteiger partial charge in [-0.05, 0) is 61.7 Å². The third-order valence-corrected chi connectivity index (χ3v) is 7.11. The highest BCUT2D eigenvalue weighted by molar-refractivity contribution is 5.94. The molecule has 1 fully saturated rings. The number of piperidine rings is 1. The van der Waals surface area contributed by atoms with Crippen LogP contribution in [0.4, 0.5) is 4.39 Å². The maximum atomic E-state index is 13.3. The van der Waals surface area contributed by atoms with Gasteiger partial charge in [0, 0.05) is 25.2 Å². The fourth-order valence-corrected chi connectivity index (χ4v) is 4.76. The van der Waals surface area contributed by atoms with Crippen LogP contribution in [0.5, 0.6) is 0 Å². The third-order valence-electron chi connectivity index (χ3n) is 7.11. The molecule has 3 heterocycles. The molecule has 186 valence electrons. The molecular formula is C26H27FN6O3. The van der Waals surface area contributed by atoms with E-state index >= 15 is 0 Å². The summed E-state index contributed by atoms with van der Waals surface area (Å²) in [5, 5.41) is 16.0. The molecule has 2 aromatic heterocycles. The van der Waals surface area contributed by atoms with Gasteiger partial charge in [0.1, 0.15) is 17.5 Å². The van der Waals surface area contributed by atoms with Crippen molar-refractivity contribution < 1.29 is 14.3 Å². The number of aliphatic hydroxyl groups is 1. The molecule has 1 saturated heterocycles. The number of carbonyl (C=O) groups excluding carboxylic acids is 1. The standard InChI is InChI=1S/C26H27FN6O3/c1-17(26(36)9-11-31(12-10-26)24(34)19-4-2-3-18(13-19)14-28)32-16-29-23-22(25(32)35)15-30-33(23)21-7-5-20(27)6-8-21/h2-8,13,15-17,36H,9-12,14,28H2,1H3. The topological polar surface area (TPSA) is 119 Å². The largest absolute Gasteiger partial charge is 0.388 e. The van der Waals surface area contributed by atoms with Crippen molar-refractivity contribution in [3.63, 3.8) is 0 Å². The molecule has 4 aromatic rings. The van der Waals surface area contributed by atoms with Gasteiger partial charge in [-0.15, -0.1) is 0 Å². The van der Waals surface area contributed by atoms with E-state index in [1.807, 2.05) is 12.1 Å². The number of likely N-dealkylation sites (tertiary alicyclic amines) is 1. The van der Waals surface area contributed by atoms with Gasteiger partial charge in [-0.3, -0.25) is 14.2 Å². The second kappa shape index (κ2) is 9.29. The first-order chi connectivity index (χ1) is 17.3. The average molecular weight is 491 g/mol. The maximum Gasteiger partial charge on any atom is 0.264 e. The minimum absolute atomic E-state index is 0.103. The summed E-state index contributed by atoms with van der Waals surface area (Å²) in [6, 6.07) is 12.4. The van der Waals surface area contributed by atoms with Crippen molar-refractivity contribution in [1.82, 2.24) is 24.2 Å². The quantitative estimate of drug-likeness (QED) is 0.443. The van der Waals surface area contributed by atoms with Crippen LogP contribution < -0.4 is 11.3 Å². The first-order valence-corrected chi connectivity index (χ1v) is 11.8. The van der Waals surface area contributed by atoms with Gasteiger partial charge in [0.25, 0.3) is 11.5 Å². The Morgan fingerprint density at radius 1 is 1.19 bits per heavy atom. The maximum absolute atomic E-state index is 13.3. The summed E-state index contributed by atoms with van der Waals surface area (Å²) in [5.74, 6) is -0.474. The molecule has 5 rings (SSSR count). The zero-order chi connectivity index (χ0) is 25.4. The number of nitrogens with two attached hydrogens (primary N) is 1. The molecule has 0 aliphatic carbocycles. The molecule has 1 amide bonds. The number of hydrogen-bond donors (Lipinski definition) is 2. The van der Waals surface area contributed by atoms with Crippen LogP contribution in [0.1, 0.15) is 41.7 Å². The van der Waals surface area contributed by atoms with E-state index in [0.717, 1.165) is 5.56 Å². The summed E-state index contributed by atoms with van der Waals surface area (Å²) < 4.78 is 16.2. The monoisotopic (exact) mass is 490 g/mol. The number of aromatic nitrogens is 4. The Balaban J connectivity index is 1.35. The fourth-order valence-electron chi connectivity index (χ4n) is 4.76. The third kappa shape index (κ3) is 4.18. The Labute approximate surface area is 206 Å². The molecule has 9 nitrogen and oxygen atoms in total. The van der Waals surface area contributed by atoms with E-state index < -0.39 is 11.6 Å². The molecule has 36 heavy (non-hydrogen) atoms. The van der Waals surface area contributed by atoms with Crippen molar-refractivity contribution in [3.05, 3.63) is 88.4 Å². The summed E-state index contributed by atoms with van der Waals surface area (Å²) >= 11 is 0. The van der Waals surface area contributed by atoms with Gasteiger partial charge in [-0.2, -0.15) is 5.10 Å². The van der Waals surface area contributed by atoms with Crippen molar-refractivity contribution in [2.45, 2.75) is 38.0 Å². The fraction of sp³-hybridized carbons (Fsp3) is 0.308. The minimum Gasteiger partial charge on any atom is -0.388 e. The van der Waals surface area contributed by atoms with Crippen LogP contribution in [-0.4, -0.2) is 53.9 Å². The van der Waals surface area contributed by atoms with E-state index in [-0.39, 0.29) is 17.3 Å². The Bertz CT molecular complexity index is 1470. The summed E-state index contributed by atoms with van der Waals surface area (Å²) in [6.07, 6.45) is 3.47. The van der Waals surface area contributed by atoms with Gasteiger partial charge in [-0.1, -0.05) is 12.1 Å². The number of amides is 1. The van der Waals surface area contributed by atoms with Crippen molar-refractivity contribution in [2.75, 3.05) is 13.1 Å². The van der Waals surface area contributed by atoms with Gasteiger partial charge in [0.2, 0.25) is 0 Å². The van der Waals surface area contributed by atoms with Gasteiger partial charge >= 0.3 is 0 Å². The van der Waals surface area contributed by atoms with Gasteiger partial charge in [-0.25, -0.2) is 14.1 Å². The highest BCUT2D eigenvalue weighted by Gasteiger charge is 2.40. The van der Waals surface area contributed by atoms with E-state index in [9.17, 15) is 19.1 Å². The summed E-state index contributed by atoms with van der Waals surface area (Å²) in [6.45, 7) is 2.86. The van der Waals surface area contributed by atoms with Crippen LogP contribution in [0, 0.1) is 5.82 Å². The van der Waals surface area contributed by atoms with Crippen molar-refractivity contribution in [1.29, 1.82) is 0 Å². The Morgan fingerprint density at radius 3 is 2.61 bits per heavy atom. The average Bonchev–Trinajstić information content (AvgIpc) is 3.34. The molecule has 1 aliphatic rings. The number of fused-ring (bicyclic) bond motifs is 1. The zero-order valence-corrected chi connectivity index (χ0v) is 19.8. The lowest BCUT2D eigenvalue weighted by atomic mass is 9.84. The number of nitrogens with zero attached hydrogens (tertiary/aromatic N) is 5. The number of rotatable bonds is 5. The molecule has 2 aromatic carbocycles. The summed E-state index contributed by atoms with van der Waals surface area (Å²) in [7, 11) is 0. The van der Waals surface area contributed by atoms with E-state index in [0.29, 0.717) is 54.8 Å². The second-order valence-corrected chi connectivity index (χ2v) is 9.20. The highest BCUT2D eigenvalue weighted by atomic mass is 19.1. The van der Waals surface area contributed by atoms with Crippen molar-refractivity contribution in [3.8, 4) is 5.69 Å². The number of hydrogen-bond acceptors (Lipinski definition) is 6. The molecule has 1 atom stereocenters. The van der Waals surface area contributed by atoms with Gasteiger partial charge in [0.05, 0.1) is 23.5 Å². The lowest BCUT2D eigenvalue weighted by molar-refractivity contribution is -0.0523. The molecule has 3 N–H and O–H groups in total. The molecule has 0 spiro atoms. The number of halogens is 1. The van der Waals surface area contributed by atoms with E-state index in [1.54, 1.807) is 36.1 Å². The highest BCUT2D eigenvalue weighted by Crippen LogP contribution is 2.33. The molecule has 10 heteroatoms. The zero-order valence-electron chi connectivity index (χ0n) is 19.8. The molecular weight excluding hydrogens is 463 g/mol. The van der Waals surface area contributed by atoms with Crippen molar-refractivity contribution in [2.24, 2.45) is 5.73 Å².